The predicted molar refractivity (Wildman–Crippen MR) is 132 cm³/mol. The van der Waals surface area contributed by atoms with Crippen molar-refractivity contribution in [1.82, 2.24) is 19.1 Å². The molecule has 5 rings (SSSR count). The number of thiazole rings is 1. The first kappa shape index (κ1) is 21.6. The fourth-order valence-electron chi connectivity index (χ4n) is 4.17. The molecule has 0 aliphatic heterocycles. The van der Waals surface area contributed by atoms with E-state index in [4.69, 9.17) is 19.2 Å². The number of nitrogens with zero attached hydrogens (tertiary/aromatic N) is 4. The Balaban J connectivity index is 1.61. The Morgan fingerprint density at radius 2 is 1.85 bits per heavy atom. The molecule has 7 nitrogen and oxygen atoms in total. The minimum Gasteiger partial charge on any atom is -0.497 e. The maximum Gasteiger partial charge on any atom is 0.140 e. The quantitative estimate of drug-likeness (QED) is 0.306. The molecule has 0 saturated carbocycles. The number of methoxy groups -OCH3 is 3. The summed E-state index contributed by atoms with van der Waals surface area (Å²) in [5.74, 6) is 0.829. The molecule has 0 saturated heterocycles. The van der Waals surface area contributed by atoms with Crippen LogP contribution in [0.4, 0.5) is 0 Å². The lowest BCUT2D eigenvalue weighted by molar-refractivity contribution is 0.188. The van der Waals surface area contributed by atoms with E-state index in [1.54, 1.807) is 32.7 Å². The van der Waals surface area contributed by atoms with Crippen LogP contribution in [0, 0.1) is 0 Å². The standard InChI is InChI=1S/C25H26N4O3S/c1-30-11-9-28-15-20(19-14-18(32-3)6-7-22(19)28)25-27-21(16-33-25)23-13-17-5-4-8-26-24(17)29(23)10-12-31-2/h4-8,13-16H,9-12H2,1-3H3. The molecule has 0 aliphatic rings. The Kier molecular flexibility index (Phi) is 6.13. The highest BCUT2D eigenvalue weighted by Crippen LogP contribution is 2.37. The minimum atomic E-state index is 0.608. The molecule has 0 fully saturated rings. The van der Waals surface area contributed by atoms with Crippen LogP contribution in [-0.2, 0) is 22.6 Å². The van der Waals surface area contributed by atoms with Crippen LogP contribution in [0.15, 0.2) is 54.2 Å². The van der Waals surface area contributed by atoms with Gasteiger partial charge in [-0.25, -0.2) is 9.97 Å². The Labute approximate surface area is 196 Å². The molecule has 0 unspecified atom stereocenters. The van der Waals surface area contributed by atoms with Gasteiger partial charge >= 0.3 is 0 Å². The number of fused-ring (bicyclic) bond motifs is 2. The van der Waals surface area contributed by atoms with Gasteiger partial charge in [-0.05, 0) is 36.4 Å². The summed E-state index contributed by atoms with van der Waals surface area (Å²) in [4.78, 5) is 9.65. The number of pyridine rings is 1. The second kappa shape index (κ2) is 9.35. The van der Waals surface area contributed by atoms with Crippen molar-refractivity contribution in [2.24, 2.45) is 0 Å². The van der Waals surface area contributed by atoms with E-state index in [-0.39, 0.29) is 0 Å². The van der Waals surface area contributed by atoms with E-state index in [2.05, 4.69) is 50.0 Å². The molecule has 170 valence electrons. The maximum atomic E-state index is 5.49. The molecule has 0 N–H and O–H groups in total. The average molecular weight is 463 g/mol. The SMILES string of the molecule is COCCn1cc(-c2nc(-c3cc4cccnc4n3CCOC)cs2)c2cc(OC)ccc21. The predicted octanol–water partition coefficient (Wildman–Crippen LogP) is 5.08. The Morgan fingerprint density at radius 3 is 2.67 bits per heavy atom. The fraction of sp³-hybridized carbons (Fsp3) is 0.280. The molecule has 33 heavy (non-hydrogen) atoms. The van der Waals surface area contributed by atoms with Crippen LogP contribution in [0.1, 0.15) is 0 Å². The van der Waals surface area contributed by atoms with E-state index in [0.29, 0.717) is 19.8 Å². The third-order valence-electron chi connectivity index (χ3n) is 5.80. The Hall–Kier alpha value is -3.20. The zero-order valence-electron chi connectivity index (χ0n) is 18.9. The minimum absolute atomic E-state index is 0.608. The Morgan fingerprint density at radius 1 is 1.00 bits per heavy atom. The summed E-state index contributed by atoms with van der Waals surface area (Å²) in [6, 6.07) is 12.4. The van der Waals surface area contributed by atoms with Crippen molar-refractivity contribution in [2.75, 3.05) is 34.5 Å². The van der Waals surface area contributed by atoms with Crippen LogP contribution < -0.4 is 4.74 Å². The van der Waals surface area contributed by atoms with Gasteiger partial charge in [0.2, 0.25) is 0 Å². The van der Waals surface area contributed by atoms with E-state index in [1.165, 1.54) is 0 Å². The topological polar surface area (TPSA) is 63.3 Å². The largest absolute Gasteiger partial charge is 0.497 e. The smallest absolute Gasteiger partial charge is 0.140 e. The molecule has 5 aromatic rings. The van der Waals surface area contributed by atoms with Gasteiger partial charge in [-0.3, -0.25) is 0 Å². The summed E-state index contributed by atoms with van der Waals surface area (Å²) in [6.45, 7) is 2.74. The number of aromatic nitrogens is 4. The van der Waals surface area contributed by atoms with E-state index < -0.39 is 0 Å². The Bertz CT molecular complexity index is 1400. The molecule has 1 aromatic carbocycles. The first-order chi connectivity index (χ1) is 16.2. The van der Waals surface area contributed by atoms with Crippen molar-refractivity contribution in [3.63, 3.8) is 0 Å². The summed E-state index contributed by atoms with van der Waals surface area (Å²) in [7, 11) is 5.13. The normalized spacial score (nSPS) is 11.6. The molecule has 4 aromatic heterocycles. The van der Waals surface area contributed by atoms with E-state index >= 15 is 0 Å². The van der Waals surface area contributed by atoms with Crippen molar-refractivity contribution in [1.29, 1.82) is 0 Å². The highest BCUT2D eigenvalue weighted by molar-refractivity contribution is 7.13. The van der Waals surface area contributed by atoms with Crippen LogP contribution in [0.25, 0.3) is 43.9 Å². The number of hydrogen-bond acceptors (Lipinski definition) is 6. The van der Waals surface area contributed by atoms with Gasteiger partial charge < -0.3 is 23.3 Å². The third-order valence-corrected chi connectivity index (χ3v) is 6.67. The number of ether oxygens (including phenoxy) is 3. The highest BCUT2D eigenvalue weighted by atomic mass is 32.1. The number of hydrogen-bond donors (Lipinski definition) is 0. The second-order valence-corrected chi connectivity index (χ2v) is 8.60. The molecule has 0 radical (unpaired) electrons. The molecule has 0 atom stereocenters. The summed E-state index contributed by atoms with van der Waals surface area (Å²) in [6.07, 6.45) is 3.98. The lowest BCUT2D eigenvalue weighted by atomic mass is 10.1. The average Bonchev–Trinajstić information content (AvgIpc) is 3.56. The summed E-state index contributed by atoms with van der Waals surface area (Å²) in [5, 5.41) is 5.30. The van der Waals surface area contributed by atoms with Crippen molar-refractivity contribution < 1.29 is 14.2 Å². The van der Waals surface area contributed by atoms with Crippen molar-refractivity contribution in [2.45, 2.75) is 13.1 Å². The third kappa shape index (κ3) is 4.01. The van der Waals surface area contributed by atoms with Crippen LogP contribution in [0.2, 0.25) is 0 Å². The van der Waals surface area contributed by atoms with Crippen LogP contribution in [0.3, 0.4) is 0 Å². The van der Waals surface area contributed by atoms with E-state index in [0.717, 1.165) is 56.2 Å². The summed E-state index contributed by atoms with van der Waals surface area (Å²) < 4.78 is 20.5. The molecule has 0 aliphatic carbocycles. The van der Waals surface area contributed by atoms with Gasteiger partial charge in [0.1, 0.15) is 16.4 Å². The van der Waals surface area contributed by atoms with Crippen molar-refractivity contribution >= 4 is 33.3 Å². The van der Waals surface area contributed by atoms with E-state index in [9.17, 15) is 0 Å². The maximum absolute atomic E-state index is 5.49. The molecular formula is C25H26N4O3S. The monoisotopic (exact) mass is 462 g/mol. The van der Waals surface area contributed by atoms with Crippen LogP contribution in [-0.4, -0.2) is 53.6 Å². The van der Waals surface area contributed by atoms with Crippen LogP contribution in [0.5, 0.6) is 5.75 Å². The molecular weight excluding hydrogens is 436 g/mol. The summed E-state index contributed by atoms with van der Waals surface area (Å²) >= 11 is 1.64. The first-order valence-corrected chi connectivity index (χ1v) is 11.7. The lowest BCUT2D eigenvalue weighted by Crippen LogP contribution is -2.06. The summed E-state index contributed by atoms with van der Waals surface area (Å²) in [5.41, 5.74) is 5.15. The van der Waals surface area contributed by atoms with Gasteiger partial charge in [-0.1, -0.05) is 0 Å². The van der Waals surface area contributed by atoms with Gasteiger partial charge in [0.15, 0.2) is 0 Å². The van der Waals surface area contributed by atoms with Gasteiger partial charge in [0, 0.05) is 66.9 Å². The zero-order valence-corrected chi connectivity index (χ0v) is 19.8. The fourth-order valence-corrected chi connectivity index (χ4v) is 5.01. The molecule has 8 heteroatoms. The van der Waals surface area contributed by atoms with Crippen molar-refractivity contribution in [3.8, 4) is 27.7 Å². The highest BCUT2D eigenvalue weighted by Gasteiger charge is 2.18. The number of benzene rings is 1. The lowest BCUT2D eigenvalue weighted by Gasteiger charge is -2.07. The van der Waals surface area contributed by atoms with E-state index in [1.807, 2.05) is 18.3 Å². The molecule has 4 heterocycles. The van der Waals surface area contributed by atoms with Crippen LogP contribution >= 0.6 is 11.3 Å². The molecule has 0 spiro atoms. The second-order valence-electron chi connectivity index (χ2n) is 7.74. The van der Waals surface area contributed by atoms with Gasteiger partial charge in [0.25, 0.3) is 0 Å². The molecule has 0 bridgehead atoms. The molecule has 0 amide bonds. The first-order valence-electron chi connectivity index (χ1n) is 10.8. The van der Waals surface area contributed by atoms with Gasteiger partial charge in [0.05, 0.1) is 31.7 Å². The number of rotatable bonds is 9. The van der Waals surface area contributed by atoms with Gasteiger partial charge in [-0.15, -0.1) is 11.3 Å². The van der Waals surface area contributed by atoms with Crippen molar-refractivity contribution in [3.05, 3.63) is 54.2 Å². The van der Waals surface area contributed by atoms with Gasteiger partial charge in [-0.2, -0.15) is 0 Å². The zero-order chi connectivity index (χ0) is 22.8.